The fraction of sp³-hybridized carbons (Fsp3) is 0.682. The van der Waals surface area contributed by atoms with Crippen LogP contribution in [0.1, 0.15) is 77.2 Å². The van der Waals surface area contributed by atoms with Crippen molar-refractivity contribution in [3.05, 3.63) is 42.0 Å². The van der Waals surface area contributed by atoms with Crippen LogP contribution < -0.4 is 5.32 Å². The van der Waals surface area contributed by atoms with Crippen LogP contribution in [-0.4, -0.2) is 16.1 Å². The first-order chi connectivity index (χ1) is 12.1. The van der Waals surface area contributed by atoms with Crippen molar-refractivity contribution >= 4 is 0 Å². The SMILES string of the molecule is C/C=C\C(CCC)CCCC12CCC(Cc3cncc(F)c3)(CC1)N2. The van der Waals surface area contributed by atoms with Crippen LogP contribution in [0.4, 0.5) is 4.39 Å². The second-order valence-corrected chi connectivity index (χ2v) is 8.34. The topological polar surface area (TPSA) is 24.9 Å². The molecule has 0 aliphatic carbocycles. The molecule has 2 aliphatic heterocycles. The van der Waals surface area contributed by atoms with E-state index in [9.17, 15) is 4.39 Å². The number of fused-ring (bicyclic) bond motifs is 2. The van der Waals surface area contributed by atoms with Crippen LogP contribution in [0.15, 0.2) is 30.6 Å². The molecule has 2 aliphatic rings. The van der Waals surface area contributed by atoms with Crippen LogP contribution in [0.2, 0.25) is 0 Å². The minimum Gasteiger partial charge on any atom is -0.305 e. The molecule has 2 bridgehead atoms. The summed E-state index contributed by atoms with van der Waals surface area (Å²) < 4.78 is 13.4. The van der Waals surface area contributed by atoms with Gasteiger partial charge in [-0.05, 0) is 75.8 Å². The molecule has 1 unspecified atom stereocenters. The minimum atomic E-state index is -0.220. The van der Waals surface area contributed by atoms with Gasteiger partial charge in [0.2, 0.25) is 0 Å². The highest BCUT2D eigenvalue weighted by atomic mass is 19.1. The van der Waals surface area contributed by atoms with Gasteiger partial charge in [0.1, 0.15) is 5.82 Å². The number of halogens is 1. The van der Waals surface area contributed by atoms with Crippen LogP contribution in [0.5, 0.6) is 0 Å². The summed E-state index contributed by atoms with van der Waals surface area (Å²) in [4.78, 5) is 4.02. The molecule has 3 rings (SSSR count). The molecule has 3 heterocycles. The Morgan fingerprint density at radius 2 is 1.96 bits per heavy atom. The van der Waals surface area contributed by atoms with Gasteiger partial charge in [0, 0.05) is 17.3 Å². The Morgan fingerprint density at radius 3 is 2.64 bits per heavy atom. The number of nitrogens with one attached hydrogen (secondary N) is 1. The largest absolute Gasteiger partial charge is 0.305 e. The van der Waals surface area contributed by atoms with Gasteiger partial charge in [0.15, 0.2) is 0 Å². The maximum Gasteiger partial charge on any atom is 0.141 e. The van der Waals surface area contributed by atoms with E-state index in [1.54, 1.807) is 6.07 Å². The second-order valence-electron chi connectivity index (χ2n) is 8.34. The molecule has 0 saturated carbocycles. The van der Waals surface area contributed by atoms with Gasteiger partial charge >= 0.3 is 0 Å². The van der Waals surface area contributed by atoms with Gasteiger partial charge < -0.3 is 5.32 Å². The summed E-state index contributed by atoms with van der Waals surface area (Å²) >= 11 is 0. The first kappa shape index (κ1) is 18.6. The fourth-order valence-corrected chi connectivity index (χ4v) is 5.18. The maximum absolute atomic E-state index is 13.4. The molecule has 1 aromatic rings. The zero-order chi connectivity index (χ0) is 17.8. The van der Waals surface area contributed by atoms with Crippen LogP contribution in [-0.2, 0) is 6.42 Å². The molecule has 2 saturated heterocycles. The third-order valence-electron chi connectivity index (χ3n) is 6.35. The molecule has 0 aromatic carbocycles. The highest BCUT2D eigenvalue weighted by Gasteiger charge is 2.52. The number of hydrogen-bond donors (Lipinski definition) is 1. The number of hydrogen-bond acceptors (Lipinski definition) is 2. The highest BCUT2D eigenvalue weighted by Crippen LogP contribution is 2.48. The Labute approximate surface area is 152 Å². The third kappa shape index (κ3) is 4.49. The number of rotatable bonds is 9. The first-order valence-electron chi connectivity index (χ1n) is 10.1. The number of nitrogens with zero attached hydrogens (tertiary/aromatic N) is 1. The lowest BCUT2D eigenvalue weighted by Crippen LogP contribution is -2.43. The third-order valence-corrected chi connectivity index (χ3v) is 6.35. The molecule has 1 N–H and O–H groups in total. The molecule has 0 amide bonds. The Balaban J connectivity index is 1.53. The predicted molar refractivity (Wildman–Crippen MR) is 102 cm³/mol. The van der Waals surface area contributed by atoms with E-state index in [-0.39, 0.29) is 11.4 Å². The van der Waals surface area contributed by atoms with E-state index in [0.717, 1.165) is 17.9 Å². The van der Waals surface area contributed by atoms with Crippen molar-refractivity contribution in [2.24, 2.45) is 5.92 Å². The Morgan fingerprint density at radius 1 is 1.20 bits per heavy atom. The van der Waals surface area contributed by atoms with E-state index in [2.05, 4.69) is 36.3 Å². The number of pyridine rings is 1. The molecule has 138 valence electrons. The summed E-state index contributed by atoms with van der Waals surface area (Å²) in [6.07, 6.45) is 20.1. The van der Waals surface area contributed by atoms with Gasteiger partial charge in [-0.3, -0.25) is 4.98 Å². The van der Waals surface area contributed by atoms with Gasteiger partial charge in [-0.2, -0.15) is 0 Å². The van der Waals surface area contributed by atoms with Crippen molar-refractivity contribution in [3.63, 3.8) is 0 Å². The molecule has 1 aromatic heterocycles. The van der Waals surface area contributed by atoms with Crippen molar-refractivity contribution in [1.29, 1.82) is 0 Å². The van der Waals surface area contributed by atoms with Gasteiger partial charge in [0.05, 0.1) is 6.20 Å². The highest BCUT2D eigenvalue weighted by molar-refractivity contribution is 5.21. The van der Waals surface area contributed by atoms with Gasteiger partial charge in [-0.1, -0.05) is 31.9 Å². The molecular formula is C22H33FN2. The summed E-state index contributed by atoms with van der Waals surface area (Å²) in [5, 5.41) is 3.99. The quantitative estimate of drug-likeness (QED) is 0.591. The van der Waals surface area contributed by atoms with Gasteiger partial charge in [0.25, 0.3) is 0 Å². The van der Waals surface area contributed by atoms with Crippen molar-refractivity contribution in [1.82, 2.24) is 10.3 Å². The average Bonchev–Trinajstić information content (AvgIpc) is 3.11. The predicted octanol–water partition coefficient (Wildman–Crippen LogP) is 5.58. The lowest BCUT2D eigenvalue weighted by Gasteiger charge is -2.26. The number of allylic oxidation sites excluding steroid dienone is 2. The molecule has 1 atom stereocenters. The summed E-state index contributed by atoms with van der Waals surface area (Å²) in [6, 6.07) is 1.65. The lowest BCUT2D eigenvalue weighted by molar-refractivity contribution is 0.333. The van der Waals surface area contributed by atoms with Crippen molar-refractivity contribution < 1.29 is 4.39 Å². The van der Waals surface area contributed by atoms with Gasteiger partial charge in [-0.15, -0.1) is 0 Å². The zero-order valence-electron chi connectivity index (χ0n) is 15.9. The summed E-state index contributed by atoms with van der Waals surface area (Å²) in [5.41, 5.74) is 1.55. The molecule has 0 radical (unpaired) electrons. The Hall–Kier alpha value is -1.22. The summed E-state index contributed by atoms with van der Waals surface area (Å²) in [7, 11) is 0. The Bertz CT molecular complexity index is 587. The van der Waals surface area contributed by atoms with E-state index in [1.165, 1.54) is 64.0 Å². The minimum absolute atomic E-state index is 0.182. The standard InChI is InChI=1S/C22H33FN2/c1-3-6-18(7-4-2)8-5-9-21-10-12-22(25-21,13-11-21)15-19-14-20(23)17-24-16-19/h3,6,14,16-18,25H,4-5,7-13,15H2,1-2H3/b6-3-. The lowest BCUT2D eigenvalue weighted by atomic mass is 9.77. The number of aromatic nitrogens is 1. The van der Waals surface area contributed by atoms with Crippen LogP contribution >= 0.6 is 0 Å². The van der Waals surface area contributed by atoms with E-state index in [0.29, 0.717) is 5.54 Å². The van der Waals surface area contributed by atoms with E-state index in [4.69, 9.17) is 0 Å². The molecule has 2 nitrogen and oxygen atoms in total. The first-order valence-corrected chi connectivity index (χ1v) is 10.1. The second kappa shape index (κ2) is 7.99. The van der Waals surface area contributed by atoms with Crippen molar-refractivity contribution in [2.45, 2.75) is 89.1 Å². The monoisotopic (exact) mass is 344 g/mol. The van der Waals surface area contributed by atoms with Gasteiger partial charge in [-0.25, -0.2) is 4.39 Å². The van der Waals surface area contributed by atoms with E-state index >= 15 is 0 Å². The van der Waals surface area contributed by atoms with Crippen molar-refractivity contribution in [2.75, 3.05) is 0 Å². The molecular weight excluding hydrogens is 311 g/mol. The summed E-state index contributed by atoms with van der Waals surface area (Å²) in [6.45, 7) is 4.41. The smallest absolute Gasteiger partial charge is 0.141 e. The average molecular weight is 345 g/mol. The van der Waals surface area contributed by atoms with Crippen LogP contribution in [0.25, 0.3) is 0 Å². The molecule has 3 heteroatoms. The fourth-order valence-electron chi connectivity index (χ4n) is 5.18. The molecule has 2 fully saturated rings. The maximum atomic E-state index is 13.4. The zero-order valence-corrected chi connectivity index (χ0v) is 15.9. The normalized spacial score (nSPS) is 29.6. The molecule has 0 spiro atoms. The van der Waals surface area contributed by atoms with Crippen LogP contribution in [0, 0.1) is 11.7 Å². The van der Waals surface area contributed by atoms with Crippen LogP contribution in [0.3, 0.4) is 0 Å². The summed E-state index contributed by atoms with van der Waals surface area (Å²) in [5.74, 6) is 0.527. The van der Waals surface area contributed by atoms with E-state index in [1.807, 2.05) is 6.20 Å². The van der Waals surface area contributed by atoms with E-state index < -0.39 is 0 Å². The Kier molecular flexibility index (Phi) is 5.93. The molecule has 25 heavy (non-hydrogen) atoms. The van der Waals surface area contributed by atoms with Crippen molar-refractivity contribution in [3.8, 4) is 0 Å².